The zero-order valence-electron chi connectivity index (χ0n) is 22.2. The first-order valence-electron chi connectivity index (χ1n) is 12.9. The number of nitrogens with one attached hydrogen (secondary N) is 1. The molecule has 2 aromatic rings. The molecule has 2 aromatic carbocycles. The van der Waals surface area contributed by atoms with Crippen molar-refractivity contribution in [3.05, 3.63) is 89.4 Å². The number of carbonyl (C=O) groups is 3. The van der Waals surface area contributed by atoms with Crippen LogP contribution in [0.4, 0.5) is 9.18 Å². The number of amides is 3. The first-order chi connectivity index (χ1) is 18.9. The van der Waals surface area contributed by atoms with Crippen LogP contribution in [0.5, 0.6) is 5.75 Å². The summed E-state index contributed by atoms with van der Waals surface area (Å²) in [6.45, 7) is 8.09. The fourth-order valence-electron chi connectivity index (χ4n) is 4.82. The number of hydrogen-bond donors (Lipinski definition) is 1. The molecular formula is C29H33FN4O5. The van der Waals surface area contributed by atoms with Gasteiger partial charge in [-0.2, -0.15) is 0 Å². The van der Waals surface area contributed by atoms with E-state index in [1.54, 1.807) is 55.3 Å². The maximum Gasteiger partial charge on any atom is 0.338 e. The summed E-state index contributed by atoms with van der Waals surface area (Å²) in [5.41, 5.74) is 1.74. The number of benzene rings is 2. The van der Waals surface area contributed by atoms with Crippen molar-refractivity contribution in [3.63, 3.8) is 0 Å². The lowest BCUT2D eigenvalue weighted by molar-refractivity contribution is -0.139. The second kappa shape index (κ2) is 12.6. The van der Waals surface area contributed by atoms with Crippen LogP contribution in [0, 0.1) is 5.82 Å². The van der Waals surface area contributed by atoms with E-state index in [4.69, 9.17) is 9.47 Å². The van der Waals surface area contributed by atoms with Crippen molar-refractivity contribution in [2.24, 2.45) is 0 Å². The van der Waals surface area contributed by atoms with E-state index < -0.39 is 23.9 Å². The van der Waals surface area contributed by atoms with E-state index >= 15 is 0 Å². The highest BCUT2D eigenvalue weighted by Gasteiger charge is 2.39. The monoisotopic (exact) mass is 536 g/mol. The summed E-state index contributed by atoms with van der Waals surface area (Å²) < 4.78 is 24.7. The first-order valence-corrected chi connectivity index (χ1v) is 12.9. The summed E-state index contributed by atoms with van der Waals surface area (Å²) in [5.74, 6) is -0.443. The van der Waals surface area contributed by atoms with Gasteiger partial charge in [0.1, 0.15) is 11.6 Å². The lowest BCUT2D eigenvalue weighted by Crippen LogP contribution is -2.53. The second-order valence-corrected chi connectivity index (χ2v) is 9.21. The molecule has 10 heteroatoms. The van der Waals surface area contributed by atoms with Gasteiger partial charge in [-0.25, -0.2) is 14.0 Å². The Morgan fingerprint density at radius 3 is 2.46 bits per heavy atom. The van der Waals surface area contributed by atoms with E-state index in [0.29, 0.717) is 48.8 Å². The summed E-state index contributed by atoms with van der Waals surface area (Å²) in [5, 5.41) is 2.83. The van der Waals surface area contributed by atoms with Gasteiger partial charge in [-0.1, -0.05) is 18.2 Å². The summed E-state index contributed by atoms with van der Waals surface area (Å²) >= 11 is 0. The Bertz CT molecular complexity index is 1250. The number of rotatable bonds is 9. The molecule has 4 rings (SSSR count). The number of carbonyl (C=O) groups excluding carboxylic acids is 3. The molecule has 0 bridgehead atoms. The molecule has 0 spiro atoms. The van der Waals surface area contributed by atoms with Gasteiger partial charge in [-0.05, 0) is 48.9 Å². The molecular weight excluding hydrogens is 503 g/mol. The molecule has 0 radical (unpaired) electrons. The summed E-state index contributed by atoms with van der Waals surface area (Å²) in [6, 6.07) is 11.5. The number of esters is 1. The third-order valence-corrected chi connectivity index (χ3v) is 6.80. The Labute approximate surface area is 227 Å². The maximum absolute atomic E-state index is 14.1. The molecule has 1 fully saturated rings. The minimum absolute atomic E-state index is 0.0692. The van der Waals surface area contributed by atoms with Crippen molar-refractivity contribution in [3.8, 4) is 5.75 Å². The van der Waals surface area contributed by atoms with Crippen molar-refractivity contribution in [2.75, 3.05) is 53.0 Å². The molecule has 1 saturated heterocycles. The van der Waals surface area contributed by atoms with E-state index in [1.165, 1.54) is 23.1 Å². The number of methoxy groups -OCH3 is 1. The van der Waals surface area contributed by atoms with Crippen LogP contribution in [0.2, 0.25) is 0 Å². The van der Waals surface area contributed by atoms with Gasteiger partial charge in [0.05, 0.1) is 25.3 Å². The van der Waals surface area contributed by atoms with Crippen LogP contribution in [-0.4, -0.2) is 85.6 Å². The van der Waals surface area contributed by atoms with Crippen LogP contribution < -0.4 is 10.1 Å². The van der Waals surface area contributed by atoms with Gasteiger partial charge in [0.25, 0.3) is 5.91 Å². The van der Waals surface area contributed by atoms with Gasteiger partial charge in [0.2, 0.25) is 0 Å². The summed E-state index contributed by atoms with van der Waals surface area (Å²) in [4.78, 5) is 44.8. The molecule has 1 unspecified atom stereocenters. The average molecular weight is 537 g/mol. The fourth-order valence-corrected chi connectivity index (χ4v) is 4.82. The Balaban J connectivity index is 1.59. The van der Waals surface area contributed by atoms with Crippen molar-refractivity contribution in [1.82, 2.24) is 20.0 Å². The normalized spacial score (nSPS) is 18.0. The molecule has 206 valence electrons. The molecule has 2 heterocycles. The Hall–Kier alpha value is -4.18. The maximum atomic E-state index is 14.1. The van der Waals surface area contributed by atoms with Crippen molar-refractivity contribution >= 4 is 17.9 Å². The van der Waals surface area contributed by atoms with Gasteiger partial charge in [-0.15, -0.1) is 6.58 Å². The quantitative estimate of drug-likeness (QED) is 0.391. The lowest BCUT2D eigenvalue weighted by Gasteiger charge is -2.40. The summed E-state index contributed by atoms with van der Waals surface area (Å²) in [6.07, 6.45) is 1.58. The predicted octanol–water partition coefficient (Wildman–Crippen LogP) is 3.36. The Morgan fingerprint density at radius 2 is 1.85 bits per heavy atom. The molecule has 9 nitrogen and oxygen atoms in total. The van der Waals surface area contributed by atoms with E-state index in [1.807, 2.05) is 0 Å². The van der Waals surface area contributed by atoms with Crippen molar-refractivity contribution in [1.29, 1.82) is 0 Å². The molecule has 0 saturated carbocycles. The smallest absolute Gasteiger partial charge is 0.338 e. The van der Waals surface area contributed by atoms with Gasteiger partial charge in [0, 0.05) is 50.5 Å². The highest BCUT2D eigenvalue weighted by molar-refractivity contribution is 5.95. The number of urea groups is 1. The molecule has 2 aliphatic heterocycles. The molecule has 0 aliphatic carbocycles. The Kier molecular flexibility index (Phi) is 8.98. The van der Waals surface area contributed by atoms with Crippen LogP contribution in [0.1, 0.15) is 28.9 Å². The largest absolute Gasteiger partial charge is 0.497 e. The standard InChI is InChI=1S/C29H33FN4O5/c1-4-13-34-24(19-32-14-16-33(17-15-32)27(35)20-9-11-23(38-3)12-10-20)25(28(36)39-5-2)26(31-29(34)37)21-7-6-8-22(30)18-21/h4,6-12,18,26H,1,5,13-17,19H2,2-3H3,(H,31,37). The van der Waals surface area contributed by atoms with Gasteiger partial charge >= 0.3 is 12.0 Å². The molecule has 39 heavy (non-hydrogen) atoms. The number of piperazine rings is 1. The minimum Gasteiger partial charge on any atom is -0.497 e. The number of hydrogen-bond acceptors (Lipinski definition) is 6. The molecule has 3 amide bonds. The van der Waals surface area contributed by atoms with Crippen molar-refractivity contribution in [2.45, 2.75) is 13.0 Å². The van der Waals surface area contributed by atoms with Crippen LogP contribution in [0.15, 0.2) is 72.5 Å². The third kappa shape index (κ3) is 6.28. The highest BCUT2D eigenvalue weighted by Crippen LogP contribution is 2.32. The zero-order valence-corrected chi connectivity index (χ0v) is 22.2. The predicted molar refractivity (Wildman–Crippen MR) is 144 cm³/mol. The molecule has 1 N–H and O–H groups in total. The second-order valence-electron chi connectivity index (χ2n) is 9.21. The number of ether oxygens (including phenoxy) is 2. The van der Waals surface area contributed by atoms with E-state index in [2.05, 4.69) is 16.8 Å². The first kappa shape index (κ1) is 27.8. The molecule has 1 atom stereocenters. The van der Waals surface area contributed by atoms with Gasteiger partial charge in [0.15, 0.2) is 0 Å². The lowest BCUT2D eigenvalue weighted by atomic mass is 9.94. The van der Waals surface area contributed by atoms with Crippen molar-refractivity contribution < 1.29 is 28.2 Å². The fraction of sp³-hybridized carbons (Fsp3) is 0.345. The van der Waals surface area contributed by atoms with E-state index in [-0.39, 0.29) is 31.2 Å². The van der Waals surface area contributed by atoms with Crippen LogP contribution >= 0.6 is 0 Å². The highest BCUT2D eigenvalue weighted by atomic mass is 19.1. The topological polar surface area (TPSA) is 91.4 Å². The third-order valence-electron chi connectivity index (χ3n) is 6.80. The van der Waals surface area contributed by atoms with Crippen LogP contribution in [0.25, 0.3) is 0 Å². The SMILES string of the molecule is C=CCN1C(=O)NC(c2cccc(F)c2)C(C(=O)OCC)=C1CN1CCN(C(=O)c2ccc(OC)cc2)CC1. The van der Waals surface area contributed by atoms with E-state index in [9.17, 15) is 18.8 Å². The Morgan fingerprint density at radius 1 is 1.13 bits per heavy atom. The van der Waals surface area contributed by atoms with Gasteiger partial charge in [-0.3, -0.25) is 14.6 Å². The zero-order chi connectivity index (χ0) is 27.9. The van der Waals surface area contributed by atoms with Gasteiger partial charge < -0.3 is 19.7 Å². The minimum atomic E-state index is -0.874. The average Bonchev–Trinajstić information content (AvgIpc) is 2.95. The molecule has 0 aromatic heterocycles. The summed E-state index contributed by atoms with van der Waals surface area (Å²) in [7, 11) is 1.57. The number of halogens is 1. The molecule has 2 aliphatic rings. The number of nitrogens with zero attached hydrogens (tertiary/aromatic N) is 3. The van der Waals surface area contributed by atoms with Crippen LogP contribution in [-0.2, 0) is 9.53 Å². The van der Waals surface area contributed by atoms with Crippen LogP contribution in [0.3, 0.4) is 0 Å². The van der Waals surface area contributed by atoms with E-state index in [0.717, 1.165) is 0 Å².